The van der Waals surface area contributed by atoms with Crippen LogP contribution < -0.4 is 10.6 Å². The molecule has 0 radical (unpaired) electrons. The molecule has 0 atom stereocenters. The third-order valence-electron chi connectivity index (χ3n) is 4.75. The average Bonchev–Trinajstić information content (AvgIpc) is 3.18. The predicted molar refractivity (Wildman–Crippen MR) is 116 cm³/mol. The Kier molecular flexibility index (Phi) is 6.39. The largest absolute Gasteiger partial charge is 0.326 e. The van der Waals surface area contributed by atoms with Gasteiger partial charge in [-0.2, -0.15) is 0 Å². The smallest absolute Gasteiger partial charge is 0.257 e. The molecule has 2 aromatic carbocycles. The molecule has 3 rings (SSSR count). The Bertz CT molecular complexity index is 982. The van der Waals surface area contributed by atoms with Crippen LogP contribution in [-0.4, -0.2) is 22.0 Å². The van der Waals surface area contributed by atoms with Crippen molar-refractivity contribution in [3.05, 3.63) is 70.7 Å². The van der Waals surface area contributed by atoms with E-state index in [2.05, 4.69) is 41.6 Å². The molecule has 2 N–H and O–H groups in total. The number of nitrogens with one attached hydrogen (secondary N) is 2. The standard InChI is InChI=1S/C22H24N4O2S/c1-4-22(2,3)20-25-26-21(29-20)24-19(28)16-10-12-17(13-11-16)23-18(27)14-15-8-6-5-7-9-15/h5-13H,4,14H2,1-3H3,(H,23,27)(H,24,26,28). The van der Waals surface area contributed by atoms with Gasteiger partial charge in [-0.25, -0.2) is 0 Å². The minimum absolute atomic E-state index is 0.0692. The first-order chi connectivity index (χ1) is 13.9. The SMILES string of the molecule is CCC(C)(C)c1nnc(NC(=O)c2ccc(NC(=O)Cc3ccccc3)cc2)s1. The average molecular weight is 409 g/mol. The predicted octanol–water partition coefficient (Wildman–Crippen LogP) is 4.66. The fourth-order valence-corrected chi connectivity index (χ4v) is 3.47. The van der Waals surface area contributed by atoms with Gasteiger partial charge in [0, 0.05) is 16.7 Å². The quantitative estimate of drug-likeness (QED) is 0.595. The highest BCUT2D eigenvalue weighted by Crippen LogP contribution is 2.31. The van der Waals surface area contributed by atoms with Gasteiger partial charge in [-0.1, -0.05) is 62.4 Å². The topological polar surface area (TPSA) is 84.0 Å². The van der Waals surface area contributed by atoms with E-state index in [-0.39, 0.29) is 17.2 Å². The summed E-state index contributed by atoms with van der Waals surface area (Å²) in [5.74, 6) is -0.363. The lowest BCUT2D eigenvalue weighted by molar-refractivity contribution is -0.115. The number of nitrogens with zero attached hydrogens (tertiary/aromatic N) is 2. The van der Waals surface area contributed by atoms with Crippen LogP contribution in [0.5, 0.6) is 0 Å². The highest BCUT2D eigenvalue weighted by Gasteiger charge is 2.23. The van der Waals surface area contributed by atoms with Crippen LogP contribution in [0.2, 0.25) is 0 Å². The summed E-state index contributed by atoms with van der Waals surface area (Å²) in [6.07, 6.45) is 1.24. The number of aromatic nitrogens is 2. The van der Waals surface area contributed by atoms with Crippen LogP contribution in [0.4, 0.5) is 10.8 Å². The molecular formula is C22H24N4O2S. The van der Waals surface area contributed by atoms with Crippen molar-refractivity contribution in [1.29, 1.82) is 0 Å². The number of rotatable bonds is 7. The van der Waals surface area contributed by atoms with E-state index in [1.165, 1.54) is 11.3 Å². The normalized spacial score (nSPS) is 11.1. The third-order valence-corrected chi connectivity index (χ3v) is 5.95. The van der Waals surface area contributed by atoms with E-state index < -0.39 is 0 Å². The molecule has 0 aliphatic rings. The van der Waals surface area contributed by atoms with Crippen molar-refractivity contribution in [3.63, 3.8) is 0 Å². The van der Waals surface area contributed by atoms with Gasteiger partial charge in [0.2, 0.25) is 11.0 Å². The van der Waals surface area contributed by atoms with E-state index in [9.17, 15) is 9.59 Å². The molecule has 0 saturated heterocycles. The van der Waals surface area contributed by atoms with Gasteiger partial charge >= 0.3 is 0 Å². The van der Waals surface area contributed by atoms with Crippen LogP contribution in [-0.2, 0) is 16.6 Å². The van der Waals surface area contributed by atoms with Crippen molar-refractivity contribution in [2.24, 2.45) is 0 Å². The van der Waals surface area contributed by atoms with Gasteiger partial charge in [-0.3, -0.25) is 14.9 Å². The summed E-state index contributed by atoms with van der Waals surface area (Å²) in [7, 11) is 0. The van der Waals surface area contributed by atoms with Gasteiger partial charge in [0.05, 0.1) is 6.42 Å². The van der Waals surface area contributed by atoms with Crippen molar-refractivity contribution >= 4 is 34.0 Å². The van der Waals surface area contributed by atoms with Crippen LogP contribution in [0.25, 0.3) is 0 Å². The lowest BCUT2D eigenvalue weighted by Crippen LogP contribution is -2.15. The molecule has 6 nitrogen and oxygen atoms in total. The maximum Gasteiger partial charge on any atom is 0.257 e. The zero-order valence-corrected chi connectivity index (χ0v) is 17.5. The van der Waals surface area contributed by atoms with E-state index in [0.717, 1.165) is 17.0 Å². The zero-order chi connectivity index (χ0) is 20.9. The maximum absolute atomic E-state index is 12.5. The number of benzene rings is 2. The number of carbonyl (C=O) groups is 2. The van der Waals surface area contributed by atoms with Crippen molar-refractivity contribution < 1.29 is 9.59 Å². The first kappa shape index (κ1) is 20.7. The molecule has 0 saturated carbocycles. The molecule has 3 aromatic rings. The molecule has 29 heavy (non-hydrogen) atoms. The number of anilines is 2. The van der Waals surface area contributed by atoms with E-state index in [4.69, 9.17) is 0 Å². The van der Waals surface area contributed by atoms with Crippen molar-refractivity contribution in [1.82, 2.24) is 10.2 Å². The molecule has 0 unspecified atom stereocenters. The van der Waals surface area contributed by atoms with Crippen LogP contribution in [0.3, 0.4) is 0 Å². The van der Waals surface area contributed by atoms with Gasteiger partial charge in [0.1, 0.15) is 5.01 Å². The second-order valence-electron chi connectivity index (χ2n) is 7.39. The van der Waals surface area contributed by atoms with Gasteiger partial charge in [0.15, 0.2) is 0 Å². The van der Waals surface area contributed by atoms with Crippen molar-refractivity contribution in [2.75, 3.05) is 10.6 Å². The number of hydrogen-bond donors (Lipinski definition) is 2. The highest BCUT2D eigenvalue weighted by molar-refractivity contribution is 7.15. The second-order valence-corrected chi connectivity index (χ2v) is 8.37. The first-order valence-electron chi connectivity index (χ1n) is 9.46. The summed E-state index contributed by atoms with van der Waals surface area (Å²) in [4.78, 5) is 24.6. The Morgan fingerprint density at radius 1 is 0.966 bits per heavy atom. The minimum Gasteiger partial charge on any atom is -0.326 e. The molecule has 0 aliphatic heterocycles. The maximum atomic E-state index is 12.5. The molecule has 0 fully saturated rings. The Labute approximate surface area is 174 Å². The Balaban J connectivity index is 1.58. The van der Waals surface area contributed by atoms with Crippen molar-refractivity contribution in [3.8, 4) is 0 Å². The van der Waals surface area contributed by atoms with Crippen LogP contribution in [0.15, 0.2) is 54.6 Å². The van der Waals surface area contributed by atoms with Gasteiger partial charge < -0.3 is 5.32 Å². The summed E-state index contributed by atoms with van der Waals surface area (Å²) in [6, 6.07) is 16.3. The minimum atomic E-state index is -0.260. The van der Waals surface area contributed by atoms with E-state index in [1.54, 1.807) is 24.3 Å². The summed E-state index contributed by atoms with van der Waals surface area (Å²) in [5.41, 5.74) is 2.01. The molecule has 150 valence electrons. The molecule has 7 heteroatoms. The lowest BCUT2D eigenvalue weighted by atomic mass is 9.91. The van der Waals surface area contributed by atoms with E-state index in [0.29, 0.717) is 22.8 Å². The highest BCUT2D eigenvalue weighted by atomic mass is 32.1. The molecular weight excluding hydrogens is 384 g/mol. The molecule has 0 spiro atoms. The molecule has 2 amide bonds. The summed E-state index contributed by atoms with van der Waals surface area (Å²) < 4.78 is 0. The third kappa shape index (κ3) is 5.48. The number of hydrogen-bond acceptors (Lipinski definition) is 5. The number of carbonyl (C=O) groups excluding carboxylic acids is 2. The lowest BCUT2D eigenvalue weighted by Gasteiger charge is -2.17. The Morgan fingerprint density at radius 2 is 1.66 bits per heavy atom. The number of amides is 2. The molecule has 1 aromatic heterocycles. The van der Waals surface area contributed by atoms with E-state index >= 15 is 0 Å². The second kappa shape index (κ2) is 8.96. The Hall–Kier alpha value is -3.06. The summed E-state index contributed by atoms with van der Waals surface area (Å²) in [6.45, 7) is 6.30. The van der Waals surface area contributed by atoms with Gasteiger partial charge in [-0.05, 0) is 36.2 Å². The zero-order valence-electron chi connectivity index (χ0n) is 16.7. The van der Waals surface area contributed by atoms with Gasteiger partial charge in [-0.15, -0.1) is 10.2 Å². The molecule has 0 aliphatic carbocycles. The summed E-state index contributed by atoms with van der Waals surface area (Å²) in [5, 5.41) is 15.3. The first-order valence-corrected chi connectivity index (χ1v) is 10.3. The fraction of sp³-hybridized carbons (Fsp3) is 0.273. The molecule has 0 bridgehead atoms. The van der Waals surface area contributed by atoms with Crippen LogP contribution >= 0.6 is 11.3 Å². The van der Waals surface area contributed by atoms with E-state index in [1.807, 2.05) is 30.3 Å². The monoisotopic (exact) mass is 408 g/mol. The van der Waals surface area contributed by atoms with Crippen molar-refractivity contribution in [2.45, 2.75) is 39.0 Å². The summed E-state index contributed by atoms with van der Waals surface area (Å²) >= 11 is 1.39. The fourth-order valence-electron chi connectivity index (χ4n) is 2.56. The van der Waals surface area contributed by atoms with Gasteiger partial charge in [0.25, 0.3) is 5.91 Å². The van der Waals surface area contributed by atoms with Crippen LogP contribution in [0.1, 0.15) is 48.1 Å². The van der Waals surface area contributed by atoms with Crippen LogP contribution in [0, 0.1) is 0 Å². The Morgan fingerprint density at radius 3 is 2.31 bits per heavy atom. The molecule has 1 heterocycles.